The van der Waals surface area contributed by atoms with E-state index in [9.17, 15) is 0 Å². The highest BCUT2D eigenvalue weighted by molar-refractivity contribution is 7.21. The third kappa shape index (κ3) is 4.09. The van der Waals surface area contributed by atoms with Gasteiger partial charge >= 0.3 is 0 Å². The Kier molecular flexibility index (Phi) is 5.97. The van der Waals surface area contributed by atoms with Crippen molar-refractivity contribution in [1.29, 1.82) is 0 Å². The Morgan fingerprint density at radius 1 is 1.03 bits per heavy atom. The van der Waals surface area contributed by atoms with Gasteiger partial charge in [-0.05, 0) is 36.6 Å². The first-order valence-corrected chi connectivity index (χ1v) is 12.0. The molecule has 0 N–H and O–H groups in total. The van der Waals surface area contributed by atoms with Gasteiger partial charge in [0.15, 0.2) is 13.1 Å². The van der Waals surface area contributed by atoms with Crippen LogP contribution >= 0.6 is 11.3 Å². The molecule has 158 valence electrons. The van der Waals surface area contributed by atoms with E-state index in [1.54, 1.807) is 0 Å². The number of rotatable bonds is 4. The van der Waals surface area contributed by atoms with E-state index in [4.69, 9.17) is 14.5 Å². The van der Waals surface area contributed by atoms with Crippen LogP contribution in [0.5, 0.6) is 0 Å². The molecule has 1 aliphatic carbocycles. The van der Waals surface area contributed by atoms with Crippen molar-refractivity contribution in [2.24, 2.45) is 0 Å². The van der Waals surface area contributed by atoms with Gasteiger partial charge in [-0.3, -0.25) is 0 Å². The standard InChI is InChI=1S/C24H30N3O2S/c1-2-3-4-18-15-20(27-9-13-29-14-10-27)17-23-24(18)25-21-6-5-19(16-22(21)30-23)26-7-11-28-12-8-26/h5-6,15-17H,2-4,7-14H2,1H3/q+1. The smallest absolute Gasteiger partial charge is 0.201 e. The van der Waals surface area contributed by atoms with Crippen LogP contribution in [0.4, 0.5) is 5.69 Å². The van der Waals surface area contributed by atoms with Gasteiger partial charge in [-0.2, -0.15) is 0 Å². The summed E-state index contributed by atoms with van der Waals surface area (Å²) in [5, 5.41) is 1.28. The van der Waals surface area contributed by atoms with E-state index in [-0.39, 0.29) is 0 Å². The molecule has 1 aromatic rings. The topological polar surface area (TPSA) is 37.6 Å². The van der Waals surface area contributed by atoms with Crippen molar-refractivity contribution in [1.82, 2.24) is 9.56 Å². The van der Waals surface area contributed by atoms with Crippen LogP contribution in [-0.4, -0.2) is 57.6 Å². The van der Waals surface area contributed by atoms with Crippen molar-refractivity contribution in [2.75, 3.05) is 57.5 Å². The van der Waals surface area contributed by atoms with Gasteiger partial charge in [0.25, 0.3) is 0 Å². The minimum atomic E-state index is 0.807. The SMILES string of the molecule is CCCCc1cc(N2CCOCC2)cc2sc3cc(=[N+]4CCOCC4)ccc-3nc12. The molecule has 6 heteroatoms. The second-order valence-corrected chi connectivity index (χ2v) is 9.20. The summed E-state index contributed by atoms with van der Waals surface area (Å²) in [6, 6.07) is 11.4. The number of nitrogens with zero attached hydrogens (tertiary/aromatic N) is 3. The summed E-state index contributed by atoms with van der Waals surface area (Å²) in [5.41, 5.74) is 4.98. The van der Waals surface area contributed by atoms with Gasteiger partial charge < -0.3 is 14.4 Å². The zero-order chi connectivity index (χ0) is 20.3. The minimum Gasteiger partial charge on any atom is -0.378 e. The summed E-state index contributed by atoms with van der Waals surface area (Å²) >= 11 is 1.88. The summed E-state index contributed by atoms with van der Waals surface area (Å²) < 4.78 is 14.8. The van der Waals surface area contributed by atoms with Crippen LogP contribution in [-0.2, 0) is 15.9 Å². The molecule has 3 aliphatic heterocycles. The molecule has 0 aromatic heterocycles. The lowest BCUT2D eigenvalue weighted by Crippen LogP contribution is -2.39. The zero-order valence-electron chi connectivity index (χ0n) is 17.7. The Morgan fingerprint density at radius 3 is 2.63 bits per heavy atom. The highest BCUT2D eigenvalue weighted by Crippen LogP contribution is 2.35. The first-order chi connectivity index (χ1) is 14.8. The molecule has 0 atom stereocenters. The van der Waals surface area contributed by atoms with Gasteiger partial charge in [-0.25, -0.2) is 9.56 Å². The first kappa shape index (κ1) is 19.9. The molecule has 1 aromatic carbocycles. The highest BCUT2D eigenvalue weighted by Gasteiger charge is 2.18. The van der Waals surface area contributed by atoms with Gasteiger partial charge in [0.05, 0.1) is 34.0 Å². The zero-order valence-corrected chi connectivity index (χ0v) is 18.5. The molecule has 4 aliphatic rings. The lowest BCUT2D eigenvalue weighted by molar-refractivity contribution is 0.0966. The average molecular weight is 425 g/mol. The average Bonchev–Trinajstić information content (AvgIpc) is 2.82. The van der Waals surface area contributed by atoms with Crippen molar-refractivity contribution in [2.45, 2.75) is 26.2 Å². The third-order valence-corrected chi connectivity index (χ3v) is 7.16. The Bertz CT molecular complexity index is 1060. The maximum Gasteiger partial charge on any atom is 0.201 e. The van der Waals surface area contributed by atoms with Crippen LogP contribution in [0.25, 0.3) is 20.8 Å². The maximum atomic E-state index is 5.57. The molecule has 0 bridgehead atoms. The second kappa shape index (κ2) is 9.00. The summed E-state index contributed by atoms with van der Waals surface area (Å²) in [5.74, 6) is 0. The molecule has 0 amide bonds. The van der Waals surface area contributed by atoms with Gasteiger partial charge in [-0.1, -0.05) is 13.3 Å². The number of benzene rings is 2. The Balaban J connectivity index is 1.64. The predicted octanol–water partition coefficient (Wildman–Crippen LogP) is 3.38. The number of hydrogen-bond donors (Lipinski definition) is 0. The predicted molar refractivity (Wildman–Crippen MR) is 124 cm³/mol. The highest BCUT2D eigenvalue weighted by atomic mass is 32.1. The summed E-state index contributed by atoms with van der Waals surface area (Å²) in [6.07, 6.45) is 3.48. The van der Waals surface area contributed by atoms with Crippen LogP contribution in [0.1, 0.15) is 25.3 Å². The Morgan fingerprint density at radius 2 is 1.83 bits per heavy atom. The van der Waals surface area contributed by atoms with E-state index in [1.165, 1.54) is 44.5 Å². The van der Waals surface area contributed by atoms with Crippen molar-refractivity contribution in [3.8, 4) is 10.6 Å². The van der Waals surface area contributed by atoms with E-state index < -0.39 is 0 Å². The van der Waals surface area contributed by atoms with Crippen LogP contribution in [0.3, 0.4) is 0 Å². The molecule has 30 heavy (non-hydrogen) atoms. The van der Waals surface area contributed by atoms with Gasteiger partial charge in [0.2, 0.25) is 5.36 Å². The molecular formula is C24H30N3O2S+. The van der Waals surface area contributed by atoms with E-state index in [1.807, 2.05) is 11.3 Å². The number of hydrogen-bond acceptors (Lipinski definition) is 5. The molecule has 2 saturated heterocycles. The fourth-order valence-electron chi connectivity index (χ4n) is 4.35. The number of aromatic nitrogens is 1. The molecule has 2 fully saturated rings. The van der Waals surface area contributed by atoms with Gasteiger partial charge in [-0.15, -0.1) is 11.3 Å². The van der Waals surface area contributed by atoms with E-state index in [0.717, 1.165) is 64.7 Å². The minimum absolute atomic E-state index is 0.807. The number of morpholine rings is 2. The largest absolute Gasteiger partial charge is 0.378 e. The van der Waals surface area contributed by atoms with Crippen LogP contribution in [0.2, 0.25) is 0 Å². The van der Waals surface area contributed by atoms with Crippen LogP contribution in [0, 0.1) is 0 Å². The molecular weight excluding hydrogens is 394 g/mol. The van der Waals surface area contributed by atoms with Crippen LogP contribution in [0.15, 0.2) is 30.3 Å². The molecule has 5 nitrogen and oxygen atoms in total. The lowest BCUT2D eigenvalue weighted by Gasteiger charge is -2.29. The van der Waals surface area contributed by atoms with Crippen molar-refractivity contribution >= 4 is 27.2 Å². The van der Waals surface area contributed by atoms with Crippen molar-refractivity contribution < 1.29 is 9.47 Å². The second-order valence-electron chi connectivity index (χ2n) is 8.12. The molecule has 0 spiro atoms. The molecule has 0 saturated carbocycles. The fourth-order valence-corrected chi connectivity index (χ4v) is 5.44. The van der Waals surface area contributed by atoms with E-state index in [0.29, 0.717) is 0 Å². The quantitative estimate of drug-likeness (QED) is 0.475. The summed E-state index contributed by atoms with van der Waals surface area (Å²) in [6.45, 7) is 9.33. The first-order valence-electron chi connectivity index (χ1n) is 11.2. The number of fused-ring (bicyclic) bond motifs is 2. The summed E-state index contributed by atoms with van der Waals surface area (Å²) in [4.78, 5) is 8.84. The normalized spacial score (nSPS) is 17.8. The van der Waals surface area contributed by atoms with E-state index >= 15 is 0 Å². The molecule has 3 heterocycles. The maximum absolute atomic E-state index is 5.57. The fraction of sp³-hybridized carbons (Fsp3) is 0.500. The lowest BCUT2D eigenvalue weighted by atomic mass is 10.1. The third-order valence-electron chi connectivity index (χ3n) is 6.09. The van der Waals surface area contributed by atoms with Gasteiger partial charge in [0.1, 0.15) is 13.2 Å². The van der Waals surface area contributed by atoms with Crippen molar-refractivity contribution in [3.63, 3.8) is 0 Å². The number of ether oxygens (including phenoxy) is 2. The Hall–Kier alpha value is -2.02. The molecule has 0 radical (unpaired) electrons. The molecule has 0 unspecified atom stereocenters. The van der Waals surface area contributed by atoms with E-state index in [2.05, 4.69) is 46.7 Å². The Labute approximate surface area is 181 Å². The number of unbranched alkanes of at least 4 members (excludes halogenated alkanes) is 1. The van der Waals surface area contributed by atoms with Crippen LogP contribution < -0.4 is 14.8 Å². The molecule has 5 rings (SSSR count). The number of aryl methyl sites for hydroxylation is 1. The monoisotopic (exact) mass is 424 g/mol. The van der Waals surface area contributed by atoms with Gasteiger partial charge in [0, 0.05) is 30.9 Å². The number of anilines is 1. The summed E-state index contributed by atoms with van der Waals surface area (Å²) in [7, 11) is 0. The van der Waals surface area contributed by atoms with Crippen molar-refractivity contribution in [3.05, 3.63) is 41.3 Å².